The van der Waals surface area contributed by atoms with E-state index in [4.69, 9.17) is 9.47 Å². The zero-order chi connectivity index (χ0) is 17.7. The van der Waals surface area contributed by atoms with E-state index in [2.05, 4.69) is 10.0 Å². The fraction of sp³-hybridized carbons (Fsp3) is 0.647. The van der Waals surface area contributed by atoms with Crippen LogP contribution in [0.15, 0.2) is 23.1 Å². The van der Waals surface area contributed by atoms with Gasteiger partial charge in [0.2, 0.25) is 10.0 Å². The Balaban J connectivity index is 0.00000243. The number of sulfonamides is 1. The highest BCUT2D eigenvalue weighted by molar-refractivity contribution is 7.89. The topological polar surface area (TPSA) is 76.7 Å². The molecule has 0 aliphatic carbocycles. The minimum Gasteiger partial charge on any atom is -0.490 e. The Morgan fingerprint density at radius 2 is 2.15 bits per heavy atom. The lowest BCUT2D eigenvalue weighted by Crippen LogP contribution is -2.26. The second kappa shape index (κ2) is 9.85. The molecule has 0 amide bonds. The predicted molar refractivity (Wildman–Crippen MR) is 98.9 cm³/mol. The van der Waals surface area contributed by atoms with Crippen LogP contribution in [0.25, 0.3) is 0 Å². The first-order valence-corrected chi connectivity index (χ1v) is 10.2. The standard InChI is InChI=1S/C17H25FN2O4S.ClH/c18-16-9-15(1-2-17(16)24-12-14-5-8-23-11-14)25(21,22)20-7-4-13-3-6-19-10-13;/h1-2,9,13-14,19-20H,3-8,10-12H2;1H. The van der Waals surface area contributed by atoms with Crippen molar-refractivity contribution in [2.24, 2.45) is 11.8 Å². The number of halogens is 2. The molecule has 3 rings (SSSR count). The molecule has 2 saturated heterocycles. The van der Waals surface area contributed by atoms with Gasteiger partial charge in [0.25, 0.3) is 0 Å². The normalized spacial score (nSPS) is 23.0. The van der Waals surface area contributed by atoms with Crippen molar-refractivity contribution < 1.29 is 22.3 Å². The van der Waals surface area contributed by atoms with Gasteiger partial charge >= 0.3 is 0 Å². The fourth-order valence-corrected chi connectivity index (χ4v) is 4.19. The number of ether oxygens (including phenoxy) is 2. The van der Waals surface area contributed by atoms with Crippen molar-refractivity contribution in [1.82, 2.24) is 10.0 Å². The van der Waals surface area contributed by atoms with Crippen LogP contribution in [0, 0.1) is 17.7 Å². The van der Waals surface area contributed by atoms with Gasteiger partial charge in [-0.3, -0.25) is 0 Å². The van der Waals surface area contributed by atoms with Gasteiger partial charge in [-0.1, -0.05) is 0 Å². The summed E-state index contributed by atoms with van der Waals surface area (Å²) >= 11 is 0. The van der Waals surface area contributed by atoms with Crippen LogP contribution in [0.2, 0.25) is 0 Å². The quantitative estimate of drug-likeness (QED) is 0.687. The summed E-state index contributed by atoms with van der Waals surface area (Å²) in [5, 5.41) is 3.25. The van der Waals surface area contributed by atoms with E-state index in [0.717, 1.165) is 38.4 Å². The molecule has 2 fully saturated rings. The smallest absolute Gasteiger partial charge is 0.240 e. The Morgan fingerprint density at radius 1 is 1.31 bits per heavy atom. The SMILES string of the molecule is Cl.O=S(=O)(NCCC1CCNC1)c1ccc(OCC2CCOC2)c(F)c1. The molecule has 2 aliphatic heterocycles. The molecular formula is C17H26ClFN2O4S. The second-order valence-corrected chi connectivity index (χ2v) is 8.45. The van der Waals surface area contributed by atoms with Crippen LogP contribution < -0.4 is 14.8 Å². The minimum atomic E-state index is -3.71. The molecule has 148 valence electrons. The zero-order valence-electron chi connectivity index (χ0n) is 14.6. The molecule has 0 saturated carbocycles. The van der Waals surface area contributed by atoms with Crippen LogP contribution >= 0.6 is 12.4 Å². The van der Waals surface area contributed by atoms with E-state index < -0.39 is 15.8 Å². The van der Waals surface area contributed by atoms with Crippen molar-refractivity contribution in [2.45, 2.75) is 24.2 Å². The van der Waals surface area contributed by atoms with E-state index in [9.17, 15) is 12.8 Å². The predicted octanol–water partition coefficient (Wildman–Crippen LogP) is 1.94. The van der Waals surface area contributed by atoms with Crippen molar-refractivity contribution >= 4 is 22.4 Å². The Hall–Kier alpha value is -0.930. The molecule has 0 radical (unpaired) electrons. The number of rotatable bonds is 8. The van der Waals surface area contributed by atoms with Crippen LogP contribution in [0.4, 0.5) is 4.39 Å². The highest BCUT2D eigenvalue weighted by Gasteiger charge is 2.20. The van der Waals surface area contributed by atoms with Gasteiger partial charge in [-0.2, -0.15) is 0 Å². The molecule has 6 nitrogen and oxygen atoms in total. The van der Waals surface area contributed by atoms with E-state index in [1.165, 1.54) is 12.1 Å². The third-order valence-electron chi connectivity index (χ3n) is 4.72. The molecule has 2 unspecified atom stereocenters. The highest BCUT2D eigenvalue weighted by atomic mass is 35.5. The van der Waals surface area contributed by atoms with E-state index in [1.54, 1.807) is 0 Å². The van der Waals surface area contributed by atoms with Gasteiger partial charge in [0.15, 0.2) is 11.6 Å². The summed E-state index contributed by atoms with van der Waals surface area (Å²) in [7, 11) is -3.71. The largest absolute Gasteiger partial charge is 0.490 e. The van der Waals surface area contributed by atoms with Gasteiger partial charge in [-0.15, -0.1) is 12.4 Å². The Morgan fingerprint density at radius 3 is 2.81 bits per heavy atom. The van der Waals surface area contributed by atoms with Crippen molar-refractivity contribution in [1.29, 1.82) is 0 Å². The zero-order valence-corrected chi connectivity index (χ0v) is 16.2. The van der Waals surface area contributed by atoms with E-state index in [1.807, 2.05) is 0 Å². The first kappa shape index (κ1) is 21.4. The summed E-state index contributed by atoms with van der Waals surface area (Å²) < 4.78 is 52.0. The Labute approximate surface area is 160 Å². The minimum absolute atomic E-state index is 0. The fourth-order valence-electron chi connectivity index (χ4n) is 3.13. The van der Waals surface area contributed by atoms with Crippen LogP contribution in [-0.2, 0) is 14.8 Å². The molecule has 9 heteroatoms. The van der Waals surface area contributed by atoms with Crippen LogP contribution in [0.1, 0.15) is 19.3 Å². The molecule has 2 N–H and O–H groups in total. The van der Waals surface area contributed by atoms with Crippen molar-refractivity contribution in [3.8, 4) is 5.75 Å². The van der Waals surface area contributed by atoms with E-state index in [0.29, 0.717) is 32.3 Å². The monoisotopic (exact) mass is 408 g/mol. The maximum absolute atomic E-state index is 14.2. The number of hydrogen-bond donors (Lipinski definition) is 2. The van der Waals surface area contributed by atoms with E-state index >= 15 is 0 Å². The molecule has 1 aromatic rings. The number of hydrogen-bond acceptors (Lipinski definition) is 5. The summed E-state index contributed by atoms with van der Waals surface area (Å²) in [4.78, 5) is -0.0777. The molecule has 1 aromatic carbocycles. The van der Waals surface area contributed by atoms with Gasteiger partial charge in [0.05, 0.1) is 18.1 Å². The van der Waals surface area contributed by atoms with E-state index in [-0.39, 0.29) is 29.0 Å². The molecule has 2 aliphatic rings. The lowest BCUT2D eigenvalue weighted by atomic mass is 10.1. The third kappa shape index (κ3) is 5.79. The van der Waals surface area contributed by atoms with Crippen molar-refractivity contribution in [3.05, 3.63) is 24.0 Å². The Kier molecular flexibility index (Phi) is 8.09. The molecule has 0 aromatic heterocycles. The highest BCUT2D eigenvalue weighted by Crippen LogP contribution is 2.23. The molecule has 0 bridgehead atoms. The van der Waals surface area contributed by atoms with Gasteiger partial charge in [0, 0.05) is 19.1 Å². The Bertz CT molecular complexity index is 677. The van der Waals surface area contributed by atoms with Crippen molar-refractivity contribution in [2.75, 3.05) is 39.5 Å². The average Bonchev–Trinajstić information content (AvgIpc) is 3.27. The number of nitrogens with one attached hydrogen (secondary N) is 2. The summed E-state index contributed by atoms with van der Waals surface area (Å²) in [6.07, 6.45) is 2.74. The summed E-state index contributed by atoms with van der Waals surface area (Å²) in [6.45, 7) is 3.96. The first-order chi connectivity index (χ1) is 12.0. The maximum atomic E-state index is 14.2. The van der Waals surface area contributed by atoms with Crippen LogP contribution in [0.5, 0.6) is 5.75 Å². The lowest BCUT2D eigenvalue weighted by molar-refractivity contribution is 0.165. The van der Waals surface area contributed by atoms with Crippen molar-refractivity contribution in [3.63, 3.8) is 0 Å². The molecular weight excluding hydrogens is 383 g/mol. The van der Waals surface area contributed by atoms with Gasteiger partial charge in [-0.25, -0.2) is 17.5 Å². The van der Waals surface area contributed by atoms with Gasteiger partial charge in [-0.05, 0) is 56.5 Å². The van der Waals surface area contributed by atoms with Crippen LogP contribution in [0.3, 0.4) is 0 Å². The van der Waals surface area contributed by atoms with Gasteiger partial charge in [0.1, 0.15) is 0 Å². The second-order valence-electron chi connectivity index (χ2n) is 6.68. The summed E-state index contributed by atoms with van der Waals surface area (Å²) in [6, 6.07) is 3.77. The molecule has 0 spiro atoms. The lowest BCUT2D eigenvalue weighted by Gasteiger charge is -2.13. The third-order valence-corrected chi connectivity index (χ3v) is 6.18. The van der Waals surface area contributed by atoms with Crippen LogP contribution in [-0.4, -0.2) is 47.9 Å². The van der Waals surface area contributed by atoms with Gasteiger partial charge < -0.3 is 14.8 Å². The molecule has 2 atom stereocenters. The molecule has 26 heavy (non-hydrogen) atoms. The first-order valence-electron chi connectivity index (χ1n) is 8.75. The molecule has 2 heterocycles. The average molecular weight is 409 g/mol. The maximum Gasteiger partial charge on any atom is 0.240 e. The number of benzene rings is 1. The summed E-state index contributed by atoms with van der Waals surface area (Å²) in [5.41, 5.74) is 0. The summed E-state index contributed by atoms with van der Waals surface area (Å²) in [5.74, 6) is 0.161.